The van der Waals surface area contributed by atoms with Crippen molar-refractivity contribution in [1.29, 1.82) is 0 Å². The van der Waals surface area contributed by atoms with Gasteiger partial charge in [0, 0.05) is 17.3 Å². The van der Waals surface area contributed by atoms with Crippen molar-refractivity contribution in [2.75, 3.05) is 0 Å². The van der Waals surface area contributed by atoms with Gasteiger partial charge in [-0.15, -0.1) is 0 Å². The number of carbonyl (C=O) groups is 1. The molecule has 0 aliphatic carbocycles. The van der Waals surface area contributed by atoms with E-state index in [1.54, 1.807) is 12.1 Å². The Morgan fingerprint density at radius 2 is 2.12 bits per heavy atom. The Morgan fingerprint density at radius 1 is 1.41 bits per heavy atom. The van der Waals surface area contributed by atoms with Crippen molar-refractivity contribution < 1.29 is 4.79 Å². The first-order valence-electron chi connectivity index (χ1n) is 5.19. The molecule has 4 nitrogen and oxygen atoms in total. The van der Waals surface area contributed by atoms with E-state index in [0.29, 0.717) is 17.1 Å². The van der Waals surface area contributed by atoms with E-state index in [1.807, 2.05) is 19.1 Å². The number of benzene rings is 1. The van der Waals surface area contributed by atoms with Crippen LogP contribution in [0.3, 0.4) is 0 Å². The predicted octanol–water partition coefficient (Wildman–Crippen LogP) is 2.30. The average molecular weight is 250 g/mol. The Bertz CT molecular complexity index is 519. The molecule has 17 heavy (non-hydrogen) atoms. The average Bonchev–Trinajstić information content (AvgIpc) is 2.74. The van der Waals surface area contributed by atoms with E-state index in [9.17, 15) is 4.79 Å². The molecule has 2 N–H and O–H groups in total. The van der Waals surface area contributed by atoms with E-state index < -0.39 is 0 Å². The van der Waals surface area contributed by atoms with Gasteiger partial charge in [0.1, 0.15) is 0 Å². The minimum atomic E-state index is -0.133. The molecule has 0 radical (unpaired) electrons. The number of aromatic nitrogens is 2. The van der Waals surface area contributed by atoms with Crippen molar-refractivity contribution in [3.8, 4) is 0 Å². The summed E-state index contributed by atoms with van der Waals surface area (Å²) in [7, 11) is 0. The summed E-state index contributed by atoms with van der Waals surface area (Å²) in [5.41, 5.74) is 2.33. The van der Waals surface area contributed by atoms with Crippen molar-refractivity contribution in [2.24, 2.45) is 0 Å². The van der Waals surface area contributed by atoms with Gasteiger partial charge in [-0.2, -0.15) is 5.10 Å². The Kier molecular flexibility index (Phi) is 3.44. The Labute approximate surface area is 104 Å². The van der Waals surface area contributed by atoms with Crippen LogP contribution >= 0.6 is 11.6 Å². The molecule has 0 aliphatic rings. The fourth-order valence-electron chi connectivity index (χ4n) is 1.46. The summed E-state index contributed by atoms with van der Waals surface area (Å²) in [6, 6.07) is 7.36. The first kappa shape index (κ1) is 11.7. The summed E-state index contributed by atoms with van der Waals surface area (Å²) in [6.45, 7) is 2.28. The fraction of sp³-hybridized carbons (Fsp3) is 0.167. The third-order valence-electron chi connectivity index (χ3n) is 2.44. The highest BCUT2D eigenvalue weighted by atomic mass is 35.5. The molecule has 88 valence electrons. The zero-order valence-electron chi connectivity index (χ0n) is 9.33. The SMILES string of the molecule is Cc1[nH]ncc1C(=O)NCc1ccc(Cl)cc1. The Morgan fingerprint density at radius 3 is 2.71 bits per heavy atom. The molecular weight excluding hydrogens is 238 g/mol. The zero-order chi connectivity index (χ0) is 12.3. The molecule has 1 aromatic carbocycles. The standard InChI is InChI=1S/C12H12ClN3O/c1-8-11(7-15-16-8)12(17)14-6-9-2-4-10(13)5-3-9/h2-5,7H,6H2,1H3,(H,14,17)(H,15,16). The summed E-state index contributed by atoms with van der Waals surface area (Å²) >= 11 is 5.78. The highest BCUT2D eigenvalue weighted by molar-refractivity contribution is 6.30. The maximum absolute atomic E-state index is 11.8. The number of hydrogen-bond donors (Lipinski definition) is 2. The summed E-state index contributed by atoms with van der Waals surface area (Å²) in [4.78, 5) is 11.8. The Balaban J connectivity index is 1.97. The van der Waals surface area contributed by atoms with Gasteiger partial charge in [-0.1, -0.05) is 23.7 Å². The van der Waals surface area contributed by atoms with Gasteiger partial charge >= 0.3 is 0 Å². The molecule has 1 aromatic heterocycles. The molecule has 0 bridgehead atoms. The van der Waals surface area contributed by atoms with E-state index in [1.165, 1.54) is 6.20 Å². The third kappa shape index (κ3) is 2.85. The fourth-order valence-corrected chi connectivity index (χ4v) is 1.59. The number of H-pyrrole nitrogens is 1. The second-order valence-electron chi connectivity index (χ2n) is 3.72. The molecule has 1 heterocycles. The van der Waals surface area contributed by atoms with Crippen molar-refractivity contribution in [3.63, 3.8) is 0 Å². The molecule has 0 aliphatic heterocycles. The molecule has 2 aromatic rings. The van der Waals surface area contributed by atoms with Crippen LogP contribution in [-0.4, -0.2) is 16.1 Å². The lowest BCUT2D eigenvalue weighted by Crippen LogP contribution is -2.23. The van der Waals surface area contributed by atoms with Crippen molar-refractivity contribution in [3.05, 3.63) is 52.3 Å². The number of carbonyl (C=O) groups excluding carboxylic acids is 1. The van der Waals surface area contributed by atoms with Crippen LogP contribution < -0.4 is 5.32 Å². The van der Waals surface area contributed by atoms with Gasteiger partial charge in [0.05, 0.1) is 11.8 Å². The molecule has 0 saturated carbocycles. The van der Waals surface area contributed by atoms with Gasteiger partial charge in [0.2, 0.25) is 0 Å². The van der Waals surface area contributed by atoms with Crippen LogP contribution in [-0.2, 0) is 6.54 Å². The van der Waals surface area contributed by atoms with Gasteiger partial charge < -0.3 is 5.32 Å². The lowest BCUT2D eigenvalue weighted by atomic mass is 10.2. The quantitative estimate of drug-likeness (QED) is 0.877. The topological polar surface area (TPSA) is 57.8 Å². The van der Waals surface area contributed by atoms with Gasteiger partial charge in [0.25, 0.3) is 5.91 Å². The van der Waals surface area contributed by atoms with E-state index in [-0.39, 0.29) is 5.91 Å². The van der Waals surface area contributed by atoms with E-state index in [4.69, 9.17) is 11.6 Å². The lowest BCUT2D eigenvalue weighted by Gasteiger charge is -2.04. The van der Waals surface area contributed by atoms with Crippen molar-refractivity contribution in [2.45, 2.75) is 13.5 Å². The Hall–Kier alpha value is -1.81. The van der Waals surface area contributed by atoms with Crippen LogP contribution in [0.25, 0.3) is 0 Å². The number of nitrogens with one attached hydrogen (secondary N) is 2. The van der Waals surface area contributed by atoms with Gasteiger partial charge in [-0.05, 0) is 24.6 Å². The van der Waals surface area contributed by atoms with Crippen LogP contribution in [0, 0.1) is 6.92 Å². The molecule has 0 unspecified atom stereocenters. The number of halogens is 1. The van der Waals surface area contributed by atoms with E-state index >= 15 is 0 Å². The molecule has 5 heteroatoms. The second-order valence-corrected chi connectivity index (χ2v) is 4.15. The van der Waals surface area contributed by atoms with E-state index in [0.717, 1.165) is 11.3 Å². The van der Waals surface area contributed by atoms with Crippen LogP contribution in [0.5, 0.6) is 0 Å². The first-order valence-corrected chi connectivity index (χ1v) is 5.57. The number of aromatic amines is 1. The zero-order valence-corrected chi connectivity index (χ0v) is 10.1. The molecular formula is C12H12ClN3O. The van der Waals surface area contributed by atoms with Crippen molar-refractivity contribution in [1.82, 2.24) is 15.5 Å². The largest absolute Gasteiger partial charge is 0.348 e. The summed E-state index contributed by atoms with van der Waals surface area (Å²) in [5, 5.41) is 10.0. The summed E-state index contributed by atoms with van der Waals surface area (Å²) in [6.07, 6.45) is 1.52. The predicted molar refractivity (Wildman–Crippen MR) is 65.9 cm³/mol. The molecule has 0 saturated heterocycles. The van der Waals surface area contributed by atoms with Gasteiger partial charge in [0.15, 0.2) is 0 Å². The minimum absolute atomic E-state index is 0.133. The van der Waals surface area contributed by atoms with Crippen LogP contribution in [0.2, 0.25) is 5.02 Å². The van der Waals surface area contributed by atoms with Gasteiger partial charge in [-0.25, -0.2) is 0 Å². The van der Waals surface area contributed by atoms with Crippen molar-refractivity contribution >= 4 is 17.5 Å². The molecule has 2 rings (SSSR count). The molecule has 0 fully saturated rings. The van der Waals surface area contributed by atoms with Crippen LogP contribution in [0.4, 0.5) is 0 Å². The molecule has 1 amide bonds. The summed E-state index contributed by atoms with van der Waals surface area (Å²) < 4.78 is 0. The minimum Gasteiger partial charge on any atom is -0.348 e. The highest BCUT2D eigenvalue weighted by Crippen LogP contribution is 2.09. The molecule has 0 spiro atoms. The number of aryl methyl sites for hydroxylation is 1. The normalized spacial score (nSPS) is 10.2. The van der Waals surface area contributed by atoms with Crippen LogP contribution in [0.15, 0.2) is 30.5 Å². The monoisotopic (exact) mass is 249 g/mol. The maximum Gasteiger partial charge on any atom is 0.255 e. The number of hydrogen-bond acceptors (Lipinski definition) is 2. The number of nitrogens with zero attached hydrogens (tertiary/aromatic N) is 1. The highest BCUT2D eigenvalue weighted by Gasteiger charge is 2.09. The number of rotatable bonds is 3. The smallest absolute Gasteiger partial charge is 0.255 e. The third-order valence-corrected chi connectivity index (χ3v) is 2.69. The lowest BCUT2D eigenvalue weighted by molar-refractivity contribution is 0.0950. The summed E-state index contributed by atoms with van der Waals surface area (Å²) in [5.74, 6) is -0.133. The molecule has 0 atom stereocenters. The second kappa shape index (κ2) is 5.01. The van der Waals surface area contributed by atoms with E-state index in [2.05, 4.69) is 15.5 Å². The number of amides is 1. The first-order chi connectivity index (χ1) is 8.16. The maximum atomic E-state index is 11.8. The van der Waals surface area contributed by atoms with Gasteiger partial charge in [-0.3, -0.25) is 9.89 Å². The van der Waals surface area contributed by atoms with Crippen LogP contribution in [0.1, 0.15) is 21.6 Å².